The van der Waals surface area contributed by atoms with E-state index in [0.29, 0.717) is 16.7 Å². The molecule has 0 amide bonds. The molecule has 3 rings (SSSR count). The second-order valence-electron chi connectivity index (χ2n) is 6.33. The van der Waals surface area contributed by atoms with Crippen molar-refractivity contribution >= 4 is 17.7 Å². The van der Waals surface area contributed by atoms with Crippen LogP contribution in [0.25, 0.3) is 0 Å². The number of hydrogen-bond donors (Lipinski definition) is 0. The molecule has 0 unspecified atom stereocenters. The summed E-state index contributed by atoms with van der Waals surface area (Å²) >= 11 is 0. The second kappa shape index (κ2) is 11.5. The molecule has 6 nitrogen and oxygen atoms in total. The molecule has 0 bridgehead atoms. The van der Waals surface area contributed by atoms with E-state index in [1.54, 1.807) is 42.5 Å². The van der Waals surface area contributed by atoms with Gasteiger partial charge in [0.15, 0.2) is 0 Å². The number of esters is 2. The Bertz CT molecular complexity index is 980. The largest absolute Gasteiger partial charge is 0.390 e. The maximum Gasteiger partial charge on any atom is 0.345 e. The number of methoxy groups -OCH3 is 2. The van der Waals surface area contributed by atoms with Crippen LogP contribution in [0.15, 0.2) is 91.0 Å². The number of rotatable bonds is 6. The van der Waals surface area contributed by atoms with Crippen LogP contribution in [0.3, 0.4) is 0 Å². The fourth-order valence-electron chi connectivity index (χ4n) is 2.84. The molecule has 0 spiro atoms. The quantitative estimate of drug-likeness (QED) is 0.254. The first-order chi connectivity index (χ1) is 14.9. The average Bonchev–Trinajstić information content (AvgIpc) is 2.82. The molecule has 0 aromatic heterocycles. The molecule has 0 fully saturated rings. The lowest BCUT2D eigenvalue weighted by molar-refractivity contribution is -0.176. The van der Waals surface area contributed by atoms with Crippen molar-refractivity contribution in [2.24, 2.45) is 0 Å². The molecule has 160 valence electrons. The van der Waals surface area contributed by atoms with Gasteiger partial charge in [-0.05, 0) is 12.1 Å². The van der Waals surface area contributed by atoms with Gasteiger partial charge in [0, 0.05) is 32.3 Å². The molecule has 0 aliphatic carbocycles. The van der Waals surface area contributed by atoms with Gasteiger partial charge >= 0.3 is 11.9 Å². The predicted octanol–water partition coefficient (Wildman–Crippen LogP) is 4.41. The van der Waals surface area contributed by atoms with Crippen LogP contribution in [0.4, 0.5) is 0 Å². The van der Waals surface area contributed by atoms with Crippen LogP contribution >= 0.6 is 0 Å². The highest BCUT2D eigenvalue weighted by Gasteiger charge is 2.41. The van der Waals surface area contributed by atoms with Crippen LogP contribution in [0.5, 0.6) is 0 Å². The summed E-state index contributed by atoms with van der Waals surface area (Å²) in [6, 6.07) is 26.6. The first-order valence-corrected chi connectivity index (χ1v) is 9.48. The Morgan fingerprint density at radius 1 is 0.645 bits per heavy atom. The van der Waals surface area contributed by atoms with E-state index in [1.807, 2.05) is 48.5 Å². The molecule has 0 aliphatic rings. The summed E-state index contributed by atoms with van der Waals surface area (Å²) in [5.41, 5.74) is 1.61. The van der Waals surface area contributed by atoms with E-state index in [9.17, 15) is 14.4 Å². The third-order valence-electron chi connectivity index (χ3n) is 4.31. The molecule has 31 heavy (non-hydrogen) atoms. The first-order valence-electron chi connectivity index (χ1n) is 9.48. The van der Waals surface area contributed by atoms with E-state index in [4.69, 9.17) is 9.47 Å². The van der Waals surface area contributed by atoms with Gasteiger partial charge < -0.3 is 14.2 Å². The van der Waals surface area contributed by atoms with E-state index in [1.165, 1.54) is 21.1 Å². The van der Waals surface area contributed by atoms with Gasteiger partial charge in [-0.2, -0.15) is 0 Å². The van der Waals surface area contributed by atoms with Gasteiger partial charge in [0.05, 0.1) is 5.56 Å². The van der Waals surface area contributed by atoms with Gasteiger partial charge in [0.1, 0.15) is 0 Å². The minimum atomic E-state index is -1.40. The zero-order valence-corrected chi connectivity index (χ0v) is 17.6. The summed E-state index contributed by atoms with van der Waals surface area (Å²) in [6.45, 7) is 1.20. The highest BCUT2D eigenvalue weighted by molar-refractivity contribution is 6.02. The minimum absolute atomic E-state index is 0.218. The van der Waals surface area contributed by atoms with Gasteiger partial charge in [-0.1, -0.05) is 78.9 Å². The van der Waals surface area contributed by atoms with Crippen molar-refractivity contribution in [3.05, 3.63) is 108 Å². The summed E-state index contributed by atoms with van der Waals surface area (Å²) in [4.78, 5) is 34.1. The van der Waals surface area contributed by atoms with Gasteiger partial charge in [-0.3, -0.25) is 9.59 Å². The number of hydrogen-bond acceptors (Lipinski definition) is 6. The lowest BCUT2D eigenvalue weighted by Crippen LogP contribution is -2.39. The zero-order valence-electron chi connectivity index (χ0n) is 17.6. The van der Waals surface area contributed by atoms with Crippen LogP contribution in [0.1, 0.15) is 33.2 Å². The van der Waals surface area contributed by atoms with Crippen molar-refractivity contribution in [3.8, 4) is 0 Å². The van der Waals surface area contributed by atoms with Crippen LogP contribution in [-0.2, 0) is 24.8 Å². The molecular formula is C25H24O6. The van der Waals surface area contributed by atoms with Crippen LogP contribution in [-0.4, -0.2) is 31.9 Å². The maximum absolute atomic E-state index is 12.7. The highest BCUT2D eigenvalue weighted by Crippen LogP contribution is 2.30. The highest BCUT2D eigenvalue weighted by atomic mass is 16.7. The molecule has 0 radical (unpaired) electrons. The molecular weight excluding hydrogens is 396 g/mol. The van der Waals surface area contributed by atoms with Crippen LogP contribution in [0, 0.1) is 0 Å². The van der Waals surface area contributed by atoms with Crippen LogP contribution < -0.4 is 0 Å². The molecule has 0 N–H and O–H groups in total. The Kier molecular flexibility index (Phi) is 8.81. The summed E-state index contributed by atoms with van der Waals surface area (Å²) < 4.78 is 15.2. The van der Waals surface area contributed by atoms with Gasteiger partial charge in [0.2, 0.25) is 5.78 Å². The summed E-state index contributed by atoms with van der Waals surface area (Å²) in [6.07, 6.45) is 0. The van der Waals surface area contributed by atoms with Gasteiger partial charge in [-0.25, -0.2) is 4.79 Å². The topological polar surface area (TPSA) is 78.9 Å². The Morgan fingerprint density at radius 3 is 1.48 bits per heavy atom. The number of carbonyl (C=O) groups is 3. The smallest absolute Gasteiger partial charge is 0.345 e. The number of benzene rings is 3. The molecule has 3 aromatic rings. The van der Waals surface area contributed by atoms with Crippen molar-refractivity contribution in [1.29, 1.82) is 0 Å². The minimum Gasteiger partial charge on any atom is -0.390 e. The lowest BCUT2D eigenvalue weighted by Gasteiger charge is -2.29. The fourth-order valence-corrected chi connectivity index (χ4v) is 2.84. The summed E-state index contributed by atoms with van der Waals surface area (Å²) in [7, 11) is 2.94. The third-order valence-corrected chi connectivity index (χ3v) is 4.31. The molecule has 0 atom stereocenters. The van der Waals surface area contributed by atoms with Gasteiger partial charge in [-0.15, -0.1) is 0 Å². The number of ketones is 1. The Labute approximate surface area is 181 Å². The van der Waals surface area contributed by atoms with E-state index >= 15 is 0 Å². The monoisotopic (exact) mass is 420 g/mol. The zero-order chi connectivity index (χ0) is 22.7. The number of carbonyl (C=O) groups excluding carboxylic acids is 3. The average molecular weight is 420 g/mol. The molecule has 3 aromatic carbocycles. The lowest BCUT2D eigenvalue weighted by atomic mass is 9.96. The maximum atomic E-state index is 12.7. The fraction of sp³-hybridized carbons (Fsp3) is 0.160. The Hall–Kier alpha value is -3.61. The van der Waals surface area contributed by atoms with Gasteiger partial charge in [0.25, 0.3) is 5.79 Å². The number of ether oxygens (including phenoxy) is 3. The third kappa shape index (κ3) is 6.18. The Balaban J connectivity index is 0.000000245. The van der Waals surface area contributed by atoms with Crippen molar-refractivity contribution in [2.75, 3.05) is 14.2 Å². The second-order valence-corrected chi connectivity index (χ2v) is 6.33. The first kappa shape index (κ1) is 23.7. The summed E-state index contributed by atoms with van der Waals surface area (Å²) in [5, 5.41) is 0. The Morgan fingerprint density at radius 2 is 1.06 bits per heavy atom. The van der Waals surface area contributed by atoms with Crippen LogP contribution in [0.2, 0.25) is 0 Å². The van der Waals surface area contributed by atoms with Crippen molar-refractivity contribution in [3.63, 3.8) is 0 Å². The summed E-state index contributed by atoms with van der Waals surface area (Å²) in [5.74, 6) is -2.82. The van der Waals surface area contributed by atoms with E-state index in [0.717, 1.165) is 0 Å². The molecule has 0 heterocycles. The molecule has 6 heteroatoms. The molecule has 0 aliphatic heterocycles. The van der Waals surface area contributed by atoms with E-state index in [2.05, 4.69) is 4.74 Å². The van der Waals surface area contributed by atoms with Crippen molar-refractivity contribution in [1.82, 2.24) is 0 Å². The number of Topliss-reactive ketones (excluding diaryl/α,β-unsaturated/α-hetero) is 1. The molecule has 0 saturated carbocycles. The normalized spacial score (nSPS) is 10.4. The van der Waals surface area contributed by atoms with Crippen molar-refractivity contribution in [2.45, 2.75) is 12.7 Å². The van der Waals surface area contributed by atoms with Crippen molar-refractivity contribution < 1.29 is 28.6 Å². The standard InChI is InChI=1S/C16H16O3.C9H8O3/c1-18-16(19-2,14-11-7-4-8-12-14)15(17)13-9-5-3-6-10-13;1-7(10)12-9(11)8-5-3-2-4-6-8/h3-12H,1-2H3;2-6H,1H3. The van der Waals surface area contributed by atoms with E-state index in [-0.39, 0.29) is 5.78 Å². The SMILES string of the molecule is CC(=O)OC(=O)c1ccccc1.COC(OC)(C(=O)c1ccccc1)c1ccccc1. The predicted molar refractivity (Wildman–Crippen MR) is 115 cm³/mol. The molecule has 0 saturated heterocycles. The van der Waals surface area contributed by atoms with E-state index < -0.39 is 17.7 Å².